The van der Waals surface area contributed by atoms with Gasteiger partial charge in [0, 0.05) is 17.9 Å². The van der Waals surface area contributed by atoms with Crippen LogP contribution in [-0.2, 0) is 28.5 Å². The minimum absolute atomic E-state index is 0.00615. The molecule has 320 valence electrons. The average Bonchev–Trinajstić information content (AvgIpc) is 3.12. The van der Waals surface area contributed by atoms with Crippen molar-refractivity contribution in [1.29, 1.82) is 0 Å². The van der Waals surface area contributed by atoms with E-state index in [1.54, 1.807) is 12.5 Å². The Hall–Kier alpha value is -1.23. The molecule has 0 bridgehead atoms. The number of aliphatic carboxylic acids is 1. The molecule has 0 radical (unpaired) electrons. The zero-order valence-electron chi connectivity index (χ0n) is 34.9. The van der Waals surface area contributed by atoms with Crippen LogP contribution in [0.5, 0.6) is 0 Å². The first kappa shape index (κ1) is 42.9. The number of aliphatic hydroxyl groups is 6. The van der Waals surface area contributed by atoms with E-state index in [2.05, 4.69) is 47.6 Å². The van der Waals surface area contributed by atoms with Gasteiger partial charge in [0.2, 0.25) is 0 Å². The number of ether oxygens (including phenoxy) is 5. The number of carboxylic acid groups (broad SMARTS) is 1. The van der Waals surface area contributed by atoms with E-state index in [4.69, 9.17) is 23.7 Å². The summed E-state index contributed by atoms with van der Waals surface area (Å²) in [5, 5.41) is 76.3. The Kier molecular flexibility index (Phi) is 11.1. The van der Waals surface area contributed by atoms with Crippen molar-refractivity contribution in [3.8, 4) is 0 Å². The molecule has 20 unspecified atom stereocenters. The molecule has 0 aromatic heterocycles. The fourth-order valence-corrected chi connectivity index (χ4v) is 13.9. The number of carbonyl (C=O) groups is 1. The van der Waals surface area contributed by atoms with E-state index in [1.165, 1.54) is 7.11 Å². The van der Waals surface area contributed by atoms with Crippen molar-refractivity contribution < 1.29 is 64.2 Å². The zero-order chi connectivity index (χ0) is 41.1. The Labute approximate surface area is 332 Å². The van der Waals surface area contributed by atoms with Crippen molar-refractivity contribution in [3.63, 3.8) is 0 Å². The number of rotatable bonds is 7. The first-order valence-electron chi connectivity index (χ1n) is 21.1. The van der Waals surface area contributed by atoms with Crippen molar-refractivity contribution in [2.45, 2.75) is 187 Å². The van der Waals surface area contributed by atoms with Crippen molar-refractivity contribution in [2.24, 2.45) is 50.2 Å². The fraction of sp³-hybridized carbons (Fsp3) is 0.930. The zero-order valence-corrected chi connectivity index (χ0v) is 34.9. The third-order valence-electron chi connectivity index (χ3n) is 17.6. The van der Waals surface area contributed by atoms with Gasteiger partial charge in [0.15, 0.2) is 18.7 Å². The third kappa shape index (κ3) is 6.22. The van der Waals surface area contributed by atoms with Crippen LogP contribution in [0.4, 0.5) is 0 Å². The highest BCUT2D eigenvalue weighted by molar-refractivity contribution is 5.73. The first-order chi connectivity index (χ1) is 26.0. The Morgan fingerprint density at radius 2 is 1.45 bits per heavy atom. The van der Waals surface area contributed by atoms with Gasteiger partial charge < -0.3 is 59.4 Å². The molecular weight excluding hydrogens is 724 g/mol. The second kappa shape index (κ2) is 14.5. The number of hydrogen-bond donors (Lipinski definition) is 7. The molecule has 4 saturated carbocycles. The van der Waals surface area contributed by atoms with Gasteiger partial charge in [-0.05, 0) is 104 Å². The molecule has 7 rings (SSSR count). The van der Waals surface area contributed by atoms with Crippen LogP contribution < -0.4 is 0 Å². The maximum Gasteiger partial charge on any atom is 0.335 e. The van der Waals surface area contributed by atoms with Gasteiger partial charge in [-0.15, -0.1) is 0 Å². The van der Waals surface area contributed by atoms with Crippen molar-refractivity contribution in [3.05, 3.63) is 11.6 Å². The summed E-state index contributed by atoms with van der Waals surface area (Å²) in [6, 6.07) is 0. The van der Waals surface area contributed by atoms with Crippen LogP contribution in [0.25, 0.3) is 0 Å². The molecule has 13 heteroatoms. The molecule has 20 atom stereocenters. The van der Waals surface area contributed by atoms with Crippen LogP contribution in [0.1, 0.15) is 113 Å². The summed E-state index contributed by atoms with van der Waals surface area (Å²) in [5.41, 5.74) is 0.481. The monoisotopic (exact) mass is 794 g/mol. The van der Waals surface area contributed by atoms with Gasteiger partial charge in [-0.3, -0.25) is 0 Å². The van der Waals surface area contributed by atoms with E-state index in [0.29, 0.717) is 18.3 Å². The van der Waals surface area contributed by atoms with E-state index in [0.717, 1.165) is 51.4 Å². The Bertz CT molecular complexity index is 1520. The largest absolute Gasteiger partial charge is 0.479 e. The van der Waals surface area contributed by atoms with Gasteiger partial charge in [-0.25, -0.2) is 4.79 Å². The standard InChI is InChI=1S/C43H70O13/c1-21-28(46)29(47)33(52-9)36(53-21)56-34-31(49)30(48)32(35(50)51)55-37(34)54-27-13-14-40(5)24(41(27,6)20-44)12-15-43(8)25(40)11-10-22-23-18-38(2,3)19-26(45)39(23,4)16-17-42(22,43)7/h10,21,23-34,36-37,44-49H,11-20H2,1-9H3,(H,50,51). The van der Waals surface area contributed by atoms with Gasteiger partial charge in [0.05, 0.1) is 24.9 Å². The quantitative estimate of drug-likeness (QED) is 0.146. The number of carboxylic acids is 1. The van der Waals surface area contributed by atoms with Gasteiger partial charge in [-0.2, -0.15) is 0 Å². The van der Waals surface area contributed by atoms with E-state index in [1.807, 2.05) is 6.92 Å². The summed E-state index contributed by atoms with van der Waals surface area (Å²) >= 11 is 0. The molecule has 6 fully saturated rings. The number of aliphatic hydroxyl groups excluding tert-OH is 6. The molecule has 0 aromatic carbocycles. The Balaban J connectivity index is 1.17. The molecule has 5 aliphatic carbocycles. The van der Waals surface area contributed by atoms with E-state index in [9.17, 15) is 40.5 Å². The lowest BCUT2D eigenvalue weighted by atomic mass is 9.33. The lowest BCUT2D eigenvalue weighted by molar-refractivity contribution is -0.375. The minimum Gasteiger partial charge on any atom is -0.479 e. The number of methoxy groups -OCH3 is 1. The van der Waals surface area contributed by atoms with Crippen molar-refractivity contribution in [1.82, 2.24) is 0 Å². The topological polar surface area (TPSA) is 205 Å². The maximum atomic E-state index is 12.3. The minimum atomic E-state index is -1.88. The fourth-order valence-electron chi connectivity index (χ4n) is 13.9. The van der Waals surface area contributed by atoms with Gasteiger partial charge >= 0.3 is 5.97 Å². The molecule has 2 aliphatic heterocycles. The molecule has 0 amide bonds. The van der Waals surface area contributed by atoms with E-state index in [-0.39, 0.29) is 45.7 Å². The third-order valence-corrected chi connectivity index (χ3v) is 17.6. The van der Waals surface area contributed by atoms with Gasteiger partial charge in [-0.1, -0.05) is 60.1 Å². The van der Waals surface area contributed by atoms with Crippen LogP contribution in [0.2, 0.25) is 0 Å². The van der Waals surface area contributed by atoms with Crippen LogP contribution in [0, 0.1) is 50.2 Å². The smallest absolute Gasteiger partial charge is 0.335 e. The SMILES string of the molecule is COC1C(OC2C(OC3CCC4(C)C(CCC5(C)C4CC=C4C6CC(C)(C)CC(O)C6(C)CCC45C)C3(C)CO)OC(C(=O)O)C(O)C2O)OC(C)C(O)C1O. The molecule has 2 saturated heterocycles. The van der Waals surface area contributed by atoms with Crippen LogP contribution in [-0.4, -0.2) is 129 Å². The maximum absolute atomic E-state index is 12.3. The molecule has 7 aliphatic rings. The average molecular weight is 795 g/mol. The summed E-state index contributed by atoms with van der Waals surface area (Å²) in [6.07, 6.45) is -4.98. The lowest BCUT2D eigenvalue weighted by Gasteiger charge is -2.72. The Morgan fingerprint density at radius 3 is 2.09 bits per heavy atom. The highest BCUT2D eigenvalue weighted by atomic mass is 16.8. The number of allylic oxidation sites excluding steroid dienone is 2. The predicted molar refractivity (Wildman–Crippen MR) is 203 cm³/mol. The number of hydrogen-bond acceptors (Lipinski definition) is 12. The Morgan fingerprint density at radius 1 is 0.786 bits per heavy atom. The number of fused-ring (bicyclic) bond motifs is 7. The summed E-state index contributed by atoms with van der Waals surface area (Å²) in [4.78, 5) is 12.3. The van der Waals surface area contributed by atoms with Crippen LogP contribution >= 0.6 is 0 Å². The summed E-state index contributed by atoms with van der Waals surface area (Å²) in [7, 11) is 1.31. The second-order valence-electron chi connectivity index (χ2n) is 21.0. The molecule has 13 nitrogen and oxygen atoms in total. The lowest BCUT2D eigenvalue weighted by Crippen LogP contribution is -2.68. The first-order valence-corrected chi connectivity index (χ1v) is 21.1. The summed E-state index contributed by atoms with van der Waals surface area (Å²) < 4.78 is 30.0. The van der Waals surface area contributed by atoms with Crippen molar-refractivity contribution >= 4 is 5.97 Å². The second-order valence-corrected chi connectivity index (χ2v) is 21.0. The molecule has 7 N–H and O–H groups in total. The highest BCUT2D eigenvalue weighted by Crippen LogP contribution is 2.76. The van der Waals surface area contributed by atoms with E-state index < -0.39 is 78.9 Å². The molecule has 0 aromatic rings. The van der Waals surface area contributed by atoms with Crippen LogP contribution in [0.3, 0.4) is 0 Å². The predicted octanol–water partition coefficient (Wildman–Crippen LogP) is 3.53. The van der Waals surface area contributed by atoms with Crippen molar-refractivity contribution in [2.75, 3.05) is 13.7 Å². The molecular formula is C43H70O13. The highest BCUT2D eigenvalue weighted by Gasteiger charge is 2.69. The molecule has 0 spiro atoms. The van der Waals surface area contributed by atoms with Gasteiger partial charge in [0.1, 0.15) is 36.6 Å². The summed E-state index contributed by atoms with van der Waals surface area (Å²) in [5.74, 6) is -0.794. The van der Waals surface area contributed by atoms with E-state index >= 15 is 0 Å². The summed E-state index contributed by atoms with van der Waals surface area (Å²) in [6.45, 7) is 17.7. The van der Waals surface area contributed by atoms with Crippen LogP contribution in [0.15, 0.2) is 11.6 Å². The molecule has 2 heterocycles. The van der Waals surface area contributed by atoms with Gasteiger partial charge in [0.25, 0.3) is 0 Å². The molecule has 56 heavy (non-hydrogen) atoms. The normalized spacial score (nSPS) is 55.5.